The van der Waals surface area contributed by atoms with E-state index in [1.165, 1.54) is 25.1 Å². The van der Waals surface area contributed by atoms with Crippen molar-refractivity contribution in [1.82, 2.24) is 4.72 Å². The number of benzene rings is 2. The largest absolute Gasteiger partial charge is 0.491 e. The molecule has 0 radical (unpaired) electrons. The normalized spacial score (nSPS) is 11.3. The zero-order valence-electron chi connectivity index (χ0n) is 14.5. The van der Waals surface area contributed by atoms with Crippen LogP contribution in [-0.2, 0) is 21.3 Å². The smallest absolute Gasteiger partial charge is 0.273 e. The lowest BCUT2D eigenvalue weighted by atomic mass is 10.2. The molecule has 0 spiro atoms. The third kappa shape index (κ3) is 5.01. The van der Waals surface area contributed by atoms with Crippen molar-refractivity contribution < 1.29 is 22.8 Å². The van der Waals surface area contributed by atoms with Gasteiger partial charge >= 0.3 is 0 Å². The van der Waals surface area contributed by atoms with Crippen LogP contribution in [0.5, 0.6) is 5.75 Å². The molecule has 0 bridgehead atoms. The minimum absolute atomic E-state index is 0.0583. The van der Waals surface area contributed by atoms with Gasteiger partial charge in [-0.05, 0) is 30.7 Å². The molecule has 0 aliphatic rings. The van der Waals surface area contributed by atoms with E-state index in [1.807, 2.05) is 0 Å². The SMILES string of the molecule is COCCOc1ccc(CNS(=O)(=O)c2cccc([N+](=O)[O-])c2C)cc1. The number of rotatable bonds is 9. The Kier molecular flexibility index (Phi) is 6.67. The standard InChI is InChI=1S/C17H20N2O6S/c1-13-16(19(20)21)4-3-5-17(13)26(22,23)18-12-14-6-8-15(9-7-14)25-11-10-24-2/h3-9,18H,10-12H2,1-2H3. The van der Waals surface area contributed by atoms with Crippen LogP contribution in [0.15, 0.2) is 47.4 Å². The molecule has 26 heavy (non-hydrogen) atoms. The summed E-state index contributed by atoms with van der Waals surface area (Å²) in [4.78, 5) is 10.3. The topological polar surface area (TPSA) is 108 Å². The first kappa shape index (κ1) is 19.8. The minimum Gasteiger partial charge on any atom is -0.491 e. The number of sulfonamides is 1. The molecule has 0 amide bonds. The summed E-state index contributed by atoms with van der Waals surface area (Å²) in [5.41, 5.74) is 0.605. The first-order valence-corrected chi connectivity index (χ1v) is 9.28. The first-order valence-electron chi connectivity index (χ1n) is 7.79. The predicted molar refractivity (Wildman–Crippen MR) is 95.7 cm³/mol. The number of methoxy groups -OCH3 is 1. The maximum absolute atomic E-state index is 12.5. The van der Waals surface area contributed by atoms with Gasteiger partial charge in [-0.15, -0.1) is 0 Å². The van der Waals surface area contributed by atoms with Gasteiger partial charge in [0.2, 0.25) is 10.0 Å². The highest BCUT2D eigenvalue weighted by atomic mass is 32.2. The summed E-state index contributed by atoms with van der Waals surface area (Å²) in [5.74, 6) is 0.656. The van der Waals surface area contributed by atoms with Gasteiger partial charge in [-0.1, -0.05) is 18.2 Å². The van der Waals surface area contributed by atoms with Crippen molar-refractivity contribution in [2.75, 3.05) is 20.3 Å². The van der Waals surface area contributed by atoms with Crippen molar-refractivity contribution >= 4 is 15.7 Å². The molecule has 2 rings (SSSR count). The average Bonchev–Trinajstić information content (AvgIpc) is 2.61. The Labute approximate surface area is 152 Å². The Hall–Kier alpha value is -2.49. The van der Waals surface area contributed by atoms with Crippen LogP contribution in [0.3, 0.4) is 0 Å². The molecule has 2 aromatic rings. The average molecular weight is 380 g/mol. The molecule has 0 saturated heterocycles. The lowest BCUT2D eigenvalue weighted by molar-refractivity contribution is -0.385. The molecule has 2 aromatic carbocycles. The van der Waals surface area contributed by atoms with E-state index in [0.717, 1.165) is 5.56 Å². The molecule has 0 fully saturated rings. The van der Waals surface area contributed by atoms with Gasteiger partial charge < -0.3 is 9.47 Å². The fraction of sp³-hybridized carbons (Fsp3) is 0.294. The number of nitrogens with one attached hydrogen (secondary N) is 1. The van der Waals surface area contributed by atoms with Gasteiger partial charge in [-0.2, -0.15) is 0 Å². The van der Waals surface area contributed by atoms with Crippen molar-refractivity contribution in [1.29, 1.82) is 0 Å². The monoisotopic (exact) mass is 380 g/mol. The Morgan fingerprint density at radius 3 is 2.42 bits per heavy atom. The van der Waals surface area contributed by atoms with Crippen molar-refractivity contribution in [2.24, 2.45) is 0 Å². The number of hydrogen-bond acceptors (Lipinski definition) is 6. The van der Waals surface area contributed by atoms with Gasteiger partial charge in [-0.25, -0.2) is 13.1 Å². The Morgan fingerprint density at radius 1 is 1.12 bits per heavy atom. The summed E-state index contributed by atoms with van der Waals surface area (Å²) in [6.07, 6.45) is 0. The van der Waals surface area contributed by atoms with E-state index in [1.54, 1.807) is 31.4 Å². The second-order valence-corrected chi connectivity index (χ2v) is 7.20. The molecule has 0 aromatic heterocycles. The highest BCUT2D eigenvalue weighted by molar-refractivity contribution is 7.89. The zero-order valence-corrected chi connectivity index (χ0v) is 15.3. The fourth-order valence-electron chi connectivity index (χ4n) is 2.29. The van der Waals surface area contributed by atoms with E-state index in [2.05, 4.69) is 4.72 Å². The van der Waals surface area contributed by atoms with E-state index in [-0.39, 0.29) is 22.7 Å². The van der Waals surface area contributed by atoms with Crippen LogP contribution >= 0.6 is 0 Å². The molecule has 140 valence electrons. The predicted octanol–water partition coefficient (Wildman–Crippen LogP) is 2.41. The fourth-order valence-corrected chi connectivity index (χ4v) is 3.57. The number of hydrogen-bond donors (Lipinski definition) is 1. The second kappa shape index (κ2) is 8.75. The molecule has 0 aliphatic heterocycles. The van der Waals surface area contributed by atoms with Crippen LogP contribution in [0.2, 0.25) is 0 Å². The van der Waals surface area contributed by atoms with Crippen molar-refractivity contribution in [2.45, 2.75) is 18.4 Å². The Morgan fingerprint density at radius 2 is 1.81 bits per heavy atom. The molecule has 0 atom stereocenters. The molecular formula is C17H20N2O6S. The molecule has 0 unspecified atom stereocenters. The van der Waals surface area contributed by atoms with Crippen LogP contribution in [0.1, 0.15) is 11.1 Å². The quantitative estimate of drug-likeness (QED) is 0.407. The zero-order chi connectivity index (χ0) is 19.2. The summed E-state index contributed by atoms with van der Waals surface area (Å²) in [6.45, 7) is 2.38. The van der Waals surface area contributed by atoms with Gasteiger partial charge in [-0.3, -0.25) is 10.1 Å². The number of ether oxygens (including phenoxy) is 2. The van der Waals surface area contributed by atoms with Crippen LogP contribution in [0.4, 0.5) is 5.69 Å². The Balaban J connectivity index is 2.07. The number of nitro groups is 1. The van der Waals surface area contributed by atoms with Crippen LogP contribution in [0.25, 0.3) is 0 Å². The Bertz CT molecular complexity index is 865. The molecule has 0 heterocycles. The van der Waals surface area contributed by atoms with Gasteiger partial charge in [0.25, 0.3) is 5.69 Å². The summed E-state index contributed by atoms with van der Waals surface area (Å²) >= 11 is 0. The summed E-state index contributed by atoms with van der Waals surface area (Å²) in [7, 11) is -2.29. The summed E-state index contributed by atoms with van der Waals surface area (Å²) < 4.78 is 37.7. The third-order valence-corrected chi connectivity index (χ3v) is 5.23. The van der Waals surface area contributed by atoms with E-state index in [4.69, 9.17) is 9.47 Å². The lowest BCUT2D eigenvalue weighted by Crippen LogP contribution is -2.24. The molecule has 1 N–H and O–H groups in total. The first-order chi connectivity index (χ1) is 12.3. The van der Waals surface area contributed by atoms with Gasteiger partial charge in [0.1, 0.15) is 12.4 Å². The maximum atomic E-state index is 12.5. The molecule has 0 saturated carbocycles. The van der Waals surface area contributed by atoms with E-state index >= 15 is 0 Å². The number of nitro benzene ring substituents is 1. The van der Waals surface area contributed by atoms with E-state index in [0.29, 0.717) is 19.0 Å². The summed E-state index contributed by atoms with van der Waals surface area (Å²) in [6, 6.07) is 10.9. The maximum Gasteiger partial charge on any atom is 0.273 e. The number of nitrogens with zero attached hydrogens (tertiary/aromatic N) is 1. The molecule has 8 nitrogen and oxygen atoms in total. The van der Waals surface area contributed by atoms with Gasteiger partial charge in [0.05, 0.1) is 16.4 Å². The molecule has 9 heteroatoms. The van der Waals surface area contributed by atoms with E-state index in [9.17, 15) is 18.5 Å². The van der Waals surface area contributed by atoms with Gasteiger partial charge in [0.15, 0.2) is 0 Å². The highest BCUT2D eigenvalue weighted by Crippen LogP contribution is 2.24. The van der Waals surface area contributed by atoms with Crippen LogP contribution in [0, 0.1) is 17.0 Å². The van der Waals surface area contributed by atoms with Crippen LogP contribution < -0.4 is 9.46 Å². The lowest BCUT2D eigenvalue weighted by Gasteiger charge is -2.10. The van der Waals surface area contributed by atoms with Gasteiger partial charge in [0, 0.05) is 25.3 Å². The minimum atomic E-state index is -3.88. The van der Waals surface area contributed by atoms with Crippen molar-refractivity contribution in [3.8, 4) is 5.75 Å². The second-order valence-electron chi connectivity index (χ2n) is 5.47. The third-order valence-electron chi connectivity index (χ3n) is 3.69. The van der Waals surface area contributed by atoms with E-state index < -0.39 is 14.9 Å². The highest BCUT2D eigenvalue weighted by Gasteiger charge is 2.22. The van der Waals surface area contributed by atoms with Crippen LogP contribution in [-0.4, -0.2) is 33.7 Å². The molecular weight excluding hydrogens is 360 g/mol. The van der Waals surface area contributed by atoms with Crippen molar-refractivity contribution in [3.63, 3.8) is 0 Å². The molecule has 0 aliphatic carbocycles. The summed E-state index contributed by atoms with van der Waals surface area (Å²) in [5, 5.41) is 11.0. The van der Waals surface area contributed by atoms with Crippen molar-refractivity contribution in [3.05, 3.63) is 63.7 Å².